The van der Waals surface area contributed by atoms with E-state index >= 15 is 0 Å². The summed E-state index contributed by atoms with van der Waals surface area (Å²) in [4.78, 5) is 10.6. The van der Waals surface area contributed by atoms with Crippen LogP contribution in [0.2, 0.25) is 0 Å². The lowest BCUT2D eigenvalue weighted by Gasteiger charge is -2.12. The summed E-state index contributed by atoms with van der Waals surface area (Å²) >= 11 is 0. The molecule has 0 amide bonds. The smallest absolute Gasteiger partial charge is 0.325 e. The molecule has 0 fully saturated rings. The van der Waals surface area contributed by atoms with Crippen molar-refractivity contribution in [1.82, 2.24) is 5.32 Å². The molecular formula is C9H9F2NO2. The highest BCUT2D eigenvalue weighted by molar-refractivity contribution is 5.75. The molecule has 0 saturated carbocycles. The van der Waals surface area contributed by atoms with Crippen LogP contribution in [0.25, 0.3) is 0 Å². The quantitative estimate of drug-likeness (QED) is 0.775. The van der Waals surface area contributed by atoms with Gasteiger partial charge in [-0.15, -0.1) is 0 Å². The number of likely N-dealkylation sites (N-methyl/N-ethyl adjacent to an activating group) is 1. The lowest BCUT2D eigenvalue weighted by atomic mass is 10.1. The highest BCUT2D eigenvalue weighted by Gasteiger charge is 2.21. The third kappa shape index (κ3) is 2.05. The van der Waals surface area contributed by atoms with Crippen molar-refractivity contribution in [3.8, 4) is 0 Å². The van der Waals surface area contributed by atoms with Gasteiger partial charge in [0.1, 0.15) is 17.7 Å². The Morgan fingerprint density at radius 2 is 2.14 bits per heavy atom. The fourth-order valence-electron chi connectivity index (χ4n) is 1.15. The van der Waals surface area contributed by atoms with Gasteiger partial charge < -0.3 is 10.4 Å². The van der Waals surface area contributed by atoms with Crippen molar-refractivity contribution in [2.24, 2.45) is 0 Å². The molecular weight excluding hydrogens is 192 g/mol. The Kier molecular flexibility index (Phi) is 3.14. The van der Waals surface area contributed by atoms with Crippen LogP contribution in [0.15, 0.2) is 18.2 Å². The van der Waals surface area contributed by atoms with E-state index in [0.717, 1.165) is 18.2 Å². The summed E-state index contributed by atoms with van der Waals surface area (Å²) in [5, 5.41) is 11.1. The van der Waals surface area contributed by atoms with Gasteiger partial charge >= 0.3 is 5.97 Å². The lowest BCUT2D eigenvalue weighted by Crippen LogP contribution is -2.26. The van der Waals surface area contributed by atoms with Crippen LogP contribution in [-0.2, 0) is 4.79 Å². The summed E-state index contributed by atoms with van der Waals surface area (Å²) in [5.41, 5.74) is -0.208. The van der Waals surface area contributed by atoms with Gasteiger partial charge in [0.05, 0.1) is 0 Å². The second-order valence-electron chi connectivity index (χ2n) is 2.73. The highest BCUT2D eigenvalue weighted by atomic mass is 19.1. The maximum atomic E-state index is 13.1. The van der Waals surface area contributed by atoms with E-state index in [1.165, 1.54) is 7.05 Å². The van der Waals surface area contributed by atoms with E-state index in [1.54, 1.807) is 0 Å². The summed E-state index contributed by atoms with van der Waals surface area (Å²) in [5.74, 6) is -2.66. The molecule has 1 atom stereocenters. The first-order valence-electron chi connectivity index (χ1n) is 3.91. The first-order chi connectivity index (χ1) is 6.56. The maximum absolute atomic E-state index is 13.1. The van der Waals surface area contributed by atoms with Crippen LogP contribution in [0.4, 0.5) is 8.78 Å². The number of benzene rings is 1. The van der Waals surface area contributed by atoms with Crippen LogP contribution in [-0.4, -0.2) is 18.1 Å². The van der Waals surface area contributed by atoms with E-state index in [2.05, 4.69) is 5.32 Å². The molecule has 0 aliphatic carbocycles. The number of hydrogen-bond acceptors (Lipinski definition) is 2. The molecule has 3 nitrogen and oxygen atoms in total. The van der Waals surface area contributed by atoms with Crippen LogP contribution in [0, 0.1) is 11.6 Å². The lowest BCUT2D eigenvalue weighted by molar-refractivity contribution is -0.139. The summed E-state index contributed by atoms with van der Waals surface area (Å²) in [7, 11) is 1.36. The molecule has 5 heteroatoms. The Morgan fingerprint density at radius 1 is 1.50 bits per heavy atom. The molecule has 0 heterocycles. The standard InChI is InChI=1S/C9H9F2NO2/c1-12-8(9(13)14)6-4-5(10)2-3-7(6)11/h2-4,8,12H,1H3,(H,13,14)/t8-/m0/s1. The molecule has 0 saturated heterocycles. The number of hydrogen-bond donors (Lipinski definition) is 2. The SMILES string of the molecule is CN[C@H](C(=O)O)c1cc(F)ccc1F. The van der Waals surface area contributed by atoms with Crippen LogP contribution < -0.4 is 5.32 Å². The van der Waals surface area contributed by atoms with Crippen molar-refractivity contribution in [3.05, 3.63) is 35.4 Å². The van der Waals surface area contributed by atoms with Crippen molar-refractivity contribution >= 4 is 5.97 Å². The second-order valence-corrected chi connectivity index (χ2v) is 2.73. The molecule has 2 N–H and O–H groups in total. The summed E-state index contributed by atoms with van der Waals surface area (Å²) in [6, 6.07) is 1.47. The molecule has 1 aromatic rings. The van der Waals surface area contributed by atoms with Gasteiger partial charge in [-0.3, -0.25) is 4.79 Å². The molecule has 0 aliphatic rings. The number of carboxylic acids is 1. The molecule has 0 bridgehead atoms. The van der Waals surface area contributed by atoms with E-state index < -0.39 is 23.6 Å². The third-order valence-electron chi connectivity index (χ3n) is 1.80. The van der Waals surface area contributed by atoms with Gasteiger partial charge in [0.15, 0.2) is 0 Å². The molecule has 1 rings (SSSR count). The summed E-state index contributed by atoms with van der Waals surface area (Å²) in [6.07, 6.45) is 0. The zero-order chi connectivity index (χ0) is 10.7. The minimum Gasteiger partial charge on any atom is -0.480 e. The van der Waals surface area contributed by atoms with Gasteiger partial charge in [-0.1, -0.05) is 0 Å². The number of carbonyl (C=O) groups is 1. The van der Waals surface area contributed by atoms with E-state index in [4.69, 9.17) is 5.11 Å². The normalized spacial score (nSPS) is 12.5. The van der Waals surface area contributed by atoms with Crippen molar-refractivity contribution in [1.29, 1.82) is 0 Å². The molecule has 0 aliphatic heterocycles. The monoisotopic (exact) mass is 201 g/mol. The average Bonchev–Trinajstić information content (AvgIpc) is 2.11. The number of aliphatic carboxylic acids is 1. The minimum absolute atomic E-state index is 0.208. The fraction of sp³-hybridized carbons (Fsp3) is 0.222. The van der Waals surface area contributed by atoms with Gasteiger partial charge in [0, 0.05) is 5.56 Å². The van der Waals surface area contributed by atoms with Crippen LogP contribution in [0.1, 0.15) is 11.6 Å². The van der Waals surface area contributed by atoms with Crippen LogP contribution >= 0.6 is 0 Å². The molecule has 0 spiro atoms. The molecule has 76 valence electrons. The van der Waals surface area contributed by atoms with Gasteiger partial charge in [0.25, 0.3) is 0 Å². The largest absolute Gasteiger partial charge is 0.480 e. The molecule has 1 aromatic carbocycles. The molecule has 14 heavy (non-hydrogen) atoms. The van der Waals surface area contributed by atoms with E-state index in [-0.39, 0.29) is 5.56 Å². The van der Waals surface area contributed by atoms with Gasteiger partial charge in [-0.2, -0.15) is 0 Å². The molecule has 0 unspecified atom stereocenters. The number of rotatable bonds is 3. The Morgan fingerprint density at radius 3 is 2.64 bits per heavy atom. The Labute approximate surface area is 79.4 Å². The Hall–Kier alpha value is -1.49. The van der Waals surface area contributed by atoms with Crippen molar-refractivity contribution in [2.45, 2.75) is 6.04 Å². The van der Waals surface area contributed by atoms with Gasteiger partial charge in [-0.05, 0) is 25.2 Å². The fourth-order valence-corrected chi connectivity index (χ4v) is 1.15. The maximum Gasteiger partial charge on any atom is 0.325 e. The zero-order valence-electron chi connectivity index (χ0n) is 7.42. The molecule has 0 radical (unpaired) electrons. The van der Waals surface area contributed by atoms with Crippen LogP contribution in [0.5, 0.6) is 0 Å². The summed E-state index contributed by atoms with van der Waals surface area (Å²) < 4.78 is 25.8. The van der Waals surface area contributed by atoms with Crippen molar-refractivity contribution < 1.29 is 18.7 Å². The first-order valence-corrected chi connectivity index (χ1v) is 3.91. The first kappa shape index (κ1) is 10.6. The number of nitrogens with one attached hydrogen (secondary N) is 1. The Bertz CT molecular complexity index is 355. The van der Waals surface area contributed by atoms with E-state index in [1.807, 2.05) is 0 Å². The summed E-state index contributed by atoms with van der Waals surface area (Å²) in [6.45, 7) is 0. The molecule has 0 aromatic heterocycles. The highest BCUT2D eigenvalue weighted by Crippen LogP contribution is 2.18. The number of halogens is 2. The predicted octanol–water partition coefficient (Wildman–Crippen LogP) is 1.31. The Balaban J connectivity index is 3.15. The predicted molar refractivity (Wildman–Crippen MR) is 45.8 cm³/mol. The average molecular weight is 201 g/mol. The van der Waals surface area contributed by atoms with Gasteiger partial charge in [-0.25, -0.2) is 8.78 Å². The van der Waals surface area contributed by atoms with Crippen LogP contribution in [0.3, 0.4) is 0 Å². The minimum atomic E-state index is -1.25. The van der Waals surface area contributed by atoms with E-state index in [9.17, 15) is 13.6 Å². The van der Waals surface area contributed by atoms with Crippen molar-refractivity contribution in [3.63, 3.8) is 0 Å². The van der Waals surface area contributed by atoms with Gasteiger partial charge in [0.2, 0.25) is 0 Å². The zero-order valence-corrected chi connectivity index (χ0v) is 7.42. The topological polar surface area (TPSA) is 49.3 Å². The van der Waals surface area contributed by atoms with E-state index in [0.29, 0.717) is 0 Å². The van der Waals surface area contributed by atoms with Crippen molar-refractivity contribution in [2.75, 3.05) is 7.05 Å². The third-order valence-corrected chi connectivity index (χ3v) is 1.80. The second kappa shape index (κ2) is 4.15. The number of carboxylic acid groups (broad SMARTS) is 1.